The highest BCUT2D eigenvalue weighted by molar-refractivity contribution is 5.76. The molecule has 1 aliphatic rings. The Bertz CT molecular complexity index is 218. The van der Waals surface area contributed by atoms with Crippen molar-refractivity contribution in [1.82, 2.24) is 5.32 Å². The number of aliphatic hydroxyl groups excluding tert-OH is 1. The number of carbonyl (C=O) groups excluding carboxylic acids is 1. The first-order valence-electron chi connectivity index (χ1n) is 5.61. The Kier molecular flexibility index (Phi) is 4.54. The molecule has 1 fully saturated rings. The molecule has 0 aromatic heterocycles. The van der Waals surface area contributed by atoms with Gasteiger partial charge in [-0.1, -0.05) is 13.8 Å². The van der Waals surface area contributed by atoms with Gasteiger partial charge in [0.25, 0.3) is 0 Å². The van der Waals surface area contributed by atoms with Crippen LogP contribution in [-0.2, 0) is 9.53 Å². The third kappa shape index (κ3) is 4.18. The number of hydrogen-bond donors (Lipinski definition) is 2. The van der Waals surface area contributed by atoms with Crippen LogP contribution in [0.5, 0.6) is 0 Å². The number of carbonyl (C=O) groups is 1. The molecule has 0 radical (unpaired) electrons. The van der Waals surface area contributed by atoms with Crippen molar-refractivity contribution in [3.05, 3.63) is 0 Å². The third-order valence-corrected chi connectivity index (χ3v) is 2.51. The largest absolute Gasteiger partial charge is 0.461 e. The Hall–Kier alpha value is -0.610. The van der Waals surface area contributed by atoms with Crippen molar-refractivity contribution in [1.29, 1.82) is 0 Å². The van der Waals surface area contributed by atoms with E-state index in [1.54, 1.807) is 0 Å². The van der Waals surface area contributed by atoms with Crippen molar-refractivity contribution in [2.24, 2.45) is 5.92 Å². The lowest BCUT2D eigenvalue weighted by atomic mass is 10.1. The van der Waals surface area contributed by atoms with Crippen molar-refractivity contribution < 1.29 is 14.6 Å². The highest BCUT2D eigenvalue weighted by Crippen LogP contribution is 2.12. The van der Waals surface area contributed by atoms with E-state index in [4.69, 9.17) is 4.74 Å². The van der Waals surface area contributed by atoms with Gasteiger partial charge in [-0.25, -0.2) is 0 Å². The van der Waals surface area contributed by atoms with Crippen LogP contribution in [0.25, 0.3) is 0 Å². The fourth-order valence-electron chi connectivity index (χ4n) is 1.89. The highest BCUT2D eigenvalue weighted by Gasteiger charge is 2.30. The first-order valence-corrected chi connectivity index (χ1v) is 5.61. The van der Waals surface area contributed by atoms with Crippen LogP contribution in [-0.4, -0.2) is 35.9 Å². The molecule has 1 rings (SSSR count). The zero-order chi connectivity index (χ0) is 11.4. The van der Waals surface area contributed by atoms with Gasteiger partial charge in [-0.3, -0.25) is 4.79 Å². The lowest BCUT2D eigenvalue weighted by molar-refractivity contribution is -0.151. The van der Waals surface area contributed by atoms with Crippen molar-refractivity contribution in [3.8, 4) is 0 Å². The maximum Gasteiger partial charge on any atom is 0.323 e. The van der Waals surface area contributed by atoms with Crippen LogP contribution in [0.1, 0.15) is 33.6 Å². The molecule has 0 bridgehead atoms. The SMILES string of the molecule is CC(C)CC(C)OC(=O)[C@H]1C[C@@H](O)CN1. The van der Waals surface area contributed by atoms with E-state index in [0.29, 0.717) is 18.9 Å². The summed E-state index contributed by atoms with van der Waals surface area (Å²) in [4.78, 5) is 11.6. The fourth-order valence-corrected chi connectivity index (χ4v) is 1.89. The summed E-state index contributed by atoms with van der Waals surface area (Å²) in [5.74, 6) is 0.287. The number of β-amino-alcohol motifs (C(OH)–C–C–N with tert-alkyl or cyclic N) is 1. The molecule has 0 amide bonds. The Morgan fingerprint density at radius 2 is 2.20 bits per heavy atom. The summed E-state index contributed by atoms with van der Waals surface area (Å²) in [6, 6.07) is -0.324. The highest BCUT2D eigenvalue weighted by atomic mass is 16.5. The van der Waals surface area contributed by atoms with E-state index in [1.165, 1.54) is 0 Å². The molecule has 4 nitrogen and oxygen atoms in total. The summed E-state index contributed by atoms with van der Waals surface area (Å²) >= 11 is 0. The first kappa shape index (κ1) is 12.5. The minimum atomic E-state index is -0.414. The van der Waals surface area contributed by atoms with E-state index >= 15 is 0 Å². The molecule has 0 saturated carbocycles. The lowest BCUT2D eigenvalue weighted by Crippen LogP contribution is -2.34. The molecular formula is C11H21NO3. The molecule has 2 N–H and O–H groups in total. The van der Waals surface area contributed by atoms with E-state index in [0.717, 1.165) is 6.42 Å². The van der Waals surface area contributed by atoms with Crippen LogP contribution in [0.2, 0.25) is 0 Å². The number of nitrogens with one attached hydrogen (secondary N) is 1. The predicted octanol–water partition coefficient (Wildman–Crippen LogP) is 0.687. The normalized spacial score (nSPS) is 28.1. The summed E-state index contributed by atoms with van der Waals surface area (Å²) in [5, 5.41) is 12.2. The summed E-state index contributed by atoms with van der Waals surface area (Å²) in [5.41, 5.74) is 0. The molecular weight excluding hydrogens is 194 g/mol. The summed E-state index contributed by atoms with van der Waals surface area (Å²) in [7, 11) is 0. The number of rotatable bonds is 4. The molecule has 15 heavy (non-hydrogen) atoms. The maximum absolute atomic E-state index is 11.6. The van der Waals surface area contributed by atoms with Gasteiger partial charge in [0.05, 0.1) is 12.2 Å². The van der Waals surface area contributed by atoms with Gasteiger partial charge in [0.15, 0.2) is 0 Å². The first-order chi connectivity index (χ1) is 6.99. The van der Waals surface area contributed by atoms with Crippen LogP contribution >= 0.6 is 0 Å². The lowest BCUT2D eigenvalue weighted by Gasteiger charge is -2.17. The molecule has 0 aromatic carbocycles. The third-order valence-electron chi connectivity index (χ3n) is 2.51. The van der Waals surface area contributed by atoms with Crippen LogP contribution in [0.15, 0.2) is 0 Å². The fraction of sp³-hybridized carbons (Fsp3) is 0.909. The minimum absolute atomic E-state index is 0.0444. The topological polar surface area (TPSA) is 58.6 Å². The van der Waals surface area contributed by atoms with Gasteiger partial charge >= 0.3 is 5.97 Å². The second-order valence-electron chi connectivity index (χ2n) is 4.73. The van der Waals surface area contributed by atoms with Gasteiger partial charge in [-0.2, -0.15) is 0 Å². The van der Waals surface area contributed by atoms with Gasteiger partial charge in [0, 0.05) is 13.0 Å². The smallest absolute Gasteiger partial charge is 0.323 e. The molecule has 1 heterocycles. The monoisotopic (exact) mass is 215 g/mol. The molecule has 1 saturated heterocycles. The van der Waals surface area contributed by atoms with Crippen molar-refractivity contribution >= 4 is 5.97 Å². The summed E-state index contributed by atoms with van der Waals surface area (Å²) in [6.45, 7) is 6.59. The van der Waals surface area contributed by atoms with Gasteiger partial charge in [0.1, 0.15) is 6.04 Å². The molecule has 0 aromatic rings. The average molecular weight is 215 g/mol. The second-order valence-corrected chi connectivity index (χ2v) is 4.73. The van der Waals surface area contributed by atoms with Gasteiger partial charge in [-0.15, -0.1) is 0 Å². The predicted molar refractivity (Wildman–Crippen MR) is 57.4 cm³/mol. The van der Waals surface area contributed by atoms with E-state index in [2.05, 4.69) is 19.2 Å². The number of hydrogen-bond acceptors (Lipinski definition) is 4. The van der Waals surface area contributed by atoms with E-state index in [9.17, 15) is 9.90 Å². The second kappa shape index (κ2) is 5.47. The number of esters is 1. The number of ether oxygens (including phenoxy) is 1. The Labute approximate surface area is 91.0 Å². The molecule has 0 aliphatic carbocycles. The molecule has 1 aliphatic heterocycles. The molecule has 1 unspecified atom stereocenters. The van der Waals surface area contributed by atoms with Crippen molar-refractivity contribution in [2.75, 3.05) is 6.54 Å². The van der Waals surface area contributed by atoms with E-state index in [-0.39, 0.29) is 18.1 Å². The van der Waals surface area contributed by atoms with Crippen LogP contribution in [0.4, 0.5) is 0 Å². The van der Waals surface area contributed by atoms with Crippen molar-refractivity contribution in [2.45, 2.75) is 51.9 Å². The summed E-state index contributed by atoms with van der Waals surface area (Å²) in [6.07, 6.45) is 0.883. The minimum Gasteiger partial charge on any atom is -0.461 e. The average Bonchev–Trinajstić information content (AvgIpc) is 2.49. The van der Waals surface area contributed by atoms with E-state index < -0.39 is 6.10 Å². The Balaban J connectivity index is 2.29. The Morgan fingerprint density at radius 1 is 1.53 bits per heavy atom. The van der Waals surface area contributed by atoms with Crippen LogP contribution in [0.3, 0.4) is 0 Å². The van der Waals surface area contributed by atoms with E-state index in [1.807, 2.05) is 6.92 Å². The summed E-state index contributed by atoms with van der Waals surface area (Å²) < 4.78 is 5.28. The zero-order valence-corrected chi connectivity index (χ0v) is 9.69. The van der Waals surface area contributed by atoms with Gasteiger partial charge in [0.2, 0.25) is 0 Å². The van der Waals surface area contributed by atoms with Crippen molar-refractivity contribution in [3.63, 3.8) is 0 Å². The van der Waals surface area contributed by atoms with Gasteiger partial charge < -0.3 is 15.2 Å². The molecule has 3 atom stereocenters. The quantitative estimate of drug-likeness (QED) is 0.677. The Morgan fingerprint density at radius 3 is 2.67 bits per heavy atom. The zero-order valence-electron chi connectivity index (χ0n) is 9.69. The maximum atomic E-state index is 11.6. The van der Waals surface area contributed by atoms with Crippen LogP contribution in [0, 0.1) is 5.92 Å². The standard InChI is InChI=1S/C11H21NO3/c1-7(2)4-8(3)15-11(14)10-5-9(13)6-12-10/h7-10,12-13H,4-6H2,1-3H3/t8?,9-,10-/m1/s1. The molecule has 0 spiro atoms. The molecule has 4 heteroatoms. The molecule has 88 valence electrons. The van der Waals surface area contributed by atoms with Crippen LogP contribution < -0.4 is 5.32 Å². The number of aliphatic hydroxyl groups is 1. The van der Waals surface area contributed by atoms with Gasteiger partial charge in [-0.05, 0) is 19.3 Å².